The van der Waals surface area contributed by atoms with Crippen molar-refractivity contribution in [3.05, 3.63) is 0 Å². The highest BCUT2D eigenvalue weighted by Crippen LogP contribution is 2.50. The first kappa shape index (κ1) is 20.4. The molecule has 0 radical (unpaired) electrons. The van der Waals surface area contributed by atoms with Gasteiger partial charge in [0.2, 0.25) is 11.8 Å². The fraction of sp³-hybridized carbons (Fsp3) is 0.895. The molecule has 0 aromatic carbocycles. The number of hydrogen-bond acceptors (Lipinski definition) is 3. The van der Waals surface area contributed by atoms with Crippen LogP contribution in [-0.4, -0.2) is 55.2 Å². The van der Waals surface area contributed by atoms with E-state index in [9.17, 15) is 22.8 Å². The van der Waals surface area contributed by atoms with Gasteiger partial charge in [0.05, 0.1) is 5.92 Å². The maximum atomic E-state index is 13.6. The molecule has 0 bridgehead atoms. The maximum absolute atomic E-state index is 13.6. The van der Waals surface area contributed by atoms with Gasteiger partial charge in [-0.2, -0.15) is 13.2 Å². The number of rotatable bonds is 3. The zero-order valence-corrected chi connectivity index (χ0v) is 15.8. The molecule has 27 heavy (non-hydrogen) atoms. The number of halogens is 3. The van der Waals surface area contributed by atoms with Gasteiger partial charge >= 0.3 is 6.18 Å². The van der Waals surface area contributed by atoms with Crippen molar-refractivity contribution in [2.75, 3.05) is 26.3 Å². The van der Waals surface area contributed by atoms with Crippen molar-refractivity contribution in [2.24, 2.45) is 17.3 Å². The summed E-state index contributed by atoms with van der Waals surface area (Å²) in [6.07, 6.45) is -0.00750. The van der Waals surface area contributed by atoms with Crippen LogP contribution in [0.15, 0.2) is 0 Å². The molecule has 154 valence electrons. The minimum atomic E-state index is -4.27. The Hall–Kier alpha value is -1.31. The van der Waals surface area contributed by atoms with E-state index in [4.69, 9.17) is 4.74 Å². The van der Waals surface area contributed by atoms with Crippen molar-refractivity contribution in [3.8, 4) is 0 Å². The average Bonchev–Trinajstić information content (AvgIpc) is 3.15. The van der Waals surface area contributed by atoms with Crippen LogP contribution >= 0.6 is 0 Å². The summed E-state index contributed by atoms with van der Waals surface area (Å²) in [4.78, 5) is 26.6. The number of piperidine rings is 1. The van der Waals surface area contributed by atoms with Gasteiger partial charge in [-0.25, -0.2) is 0 Å². The monoisotopic (exact) mass is 390 g/mol. The van der Waals surface area contributed by atoms with E-state index in [-0.39, 0.29) is 37.2 Å². The summed E-state index contributed by atoms with van der Waals surface area (Å²) >= 11 is 0. The highest BCUT2D eigenvalue weighted by Gasteiger charge is 2.56. The highest BCUT2D eigenvalue weighted by molar-refractivity contribution is 5.88. The Morgan fingerprint density at radius 2 is 1.78 bits per heavy atom. The predicted octanol–water partition coefficient (Wildman–Crippen LogP) is 2.89. The van der Waals surface area contributed by atoms with Crippen molar-refractivity contribution >= 4 is 11.8 Å². The fourth-order valence-electron chi connectivity index (χ4n) is 5.00. The van der Waals surface area contributed by atoms with E-state index >= 15 is 0 Å². The second-order valence-electron chi connectivity index (χ2n) is 8.33. The summed E-state index contributed by atoms with van der Waals surface area (Å²) in [6, 6.07) is -0.711. The average molecular weight is 390 g/mol. The summed E-state index contributed by atoms with van der Waals surface area (Å²) in [5, 5.41) is 2.77. The predicted molar refractivity (Wildman–Crippen MR) is 92.8 cm³/mol. The second kappa shape index (κ2) is 7.97. The highest BCUT2D eigenvalue weighted by atomic mass is 19.4. The molecular formula is C19H29F3N2O3. The van der Waals surface area contributed by atoms with Crippen LogP contribution in [-0.2, 0) is 14.3 Å². The van der Waals surface area contributed by atoms with E-state index in [0.717, 1.165) is 25.7 Å². The molecule has 2 amide bonds. The van der Waals surface area contributed by atoms with Crippen molar-refractivity contribution in [1.82, 2.24) is 10.2 Å². The first-order valence-corrected chi connectivity index (χ1v) is 9.96. The molecule has 3 rings (SSSR count). The molecule has 0 aromatic heterocycles. The lowest BCUT2D eigenvalue weighted by Crippen LogP contribution is -2.59. The molecular weight excluding hydrogens is 361 g/mol. The topological polar surface area (TPSA) is 58.6 Å². The van der Waals surface area contributed by atoms with Gasteiger partial charge in [0.1, 0.15) is 6.04 Å². The van der Waals surface area contributed by atoms with Crippen LogP contribution in [0.1, 0.15) is 51.9 Å². The number of hydrogen-bond donors (Lipinski definition) is 1. The molecule has 2 heterocycles. The van der Waals surface area contributed by atoms with E-state index in [2.05, 4.69) is 5.32 Å². The van der Waals surface area contributed by atoms with Gasteiger partial charge in [0.15, 0.2) is 0 Å². The van der Waals surface area contributed by atoms with Gasteiger partial charge in [-0.15, -0.1) is 0 Å². The lowest BCUT2D eigenvalue weighted by molar-refractivity contribution is -0.235. The smallest absolute Gasteiger partial charge is 0.381 e. The third-order valence-corrected chi connectivity index (χ3v) is 6.58. The summed E-state index contributed by atoms with van der Waals surface area (Å²) < 4.78 is 46.1. The van der Waals surface area contributed by atoms with Crippen LogP contribution < -0.4 is 5.32 Å². The Balaban J connectivity index is 1.66. The van der Waals surface area contributed by atoms with Crippen LogP contribution in [0.5, 0.6) is 0 Å². The number of carbonyl (C=O) groups is 2. The van der Waals surface area contributed by atoms with Crippen LogP contribution in [0.3, 0.4) is 0 Å². The van der Waals surface area contributed by atoms with Crippen LogP contribution in [0.25, 0.3) is 0 Å². The molecule has 1 saturated carbocycles. The third-order valence-electron chi connectivity index (χ3n) is 6.58. The van der Waals surface area contributed by atoms with Crippen LogP contribution in [0, 0.1) is 17.3 Å². The zero-order chi connectivity index (χ0) is 19.7. The molecule has 2 aliphatic heterocycles. The molecule has 5 nitrogen and oxygen atoms in total. The van der Waals surface area contributed by atoms with Crippen LogP contribution in [0.2, 0.25) is 0 Å². The summed E-state index contributed by atoms with van der Waals surface area (Å²) in [7, 11) is 0. The lowest BCUT2D eigenvalue weighted by atomic mass is 9.65. The van der Waals surface area contributed by atoms with Gasteiger partial charge in [-0.1, -0.05) is 12.8 Å². The number of carbonyl (C=O) groups excluding carboxylic acids is 2. The Bertz CT molecular complexity index is 555. The van der Waals surface area contributed by atoms with Crippen molar-refractivity contribution in [2.45, 2.75) is 64.1 Å². The Kier molecular flexibility index (Phi) is 6.03. The largest absolute Gasteiger partial charge is 0.392 e. The molecule has 1 aliphatic carbocycles. The summed E-state index contributed by atoms with van der Waals surface area (Å²) in [6.45, 7) is 2.38. The van der Waals surface area contributed by atoms with Gasteiger partial charge in [0, 0.05) is 37.6 Å². The third kappa shape index (κ3) is 4.41. The maximum Gasteiger partial charge on any atom is 0.392 e. The Morgan fingerprint density at radius 3 is 2.37 bits per heavy atom. The SMILES string of the molecule is CC(NC(=O)C1CCCC1)C(=O)N1CCC(C(F)(F)F)C2(CCOCC2)C1. The molecule has 2 atom stereocenters. The quantitative estimate of drug-likeness (QED) is 0.806. The minimum Gasteiger partial charge on any atom is -0.381 e. The Morgan fingerprint density at radius 1 is 1.15 bits per heavy atom. The van der Waals surface area contributed by atoms with Gasteiger partial charge in [0.25, 0.3) is 0 Å². The number of nitrogens with one attached hydrogen (secondary N) is 1. The van der Waals surface area contributed by atoms with E-state index in [1.54, 1.807) is 6.92 Å². The molecule has 3 aliphatic rings. The Labute approximate surface area is 158 Å². The number of alkyl halides is 3. The van der Waals surface area contributed by atoms with Gasteiger partial charge in [-0.05, 0) is 39.0 Å². The molecule has 0 aromatic rings. The summed E-state index contributed by atoms with van der Waals surface area (Å²) in [5.41, 5.74) is -0.973. The first-order chi connectivity index (χ1) is 12.7. The van der Waals surface area contributed by atoms with E-state index in [1.165, 1.54) is 4.90 Å². The molecule has 1 spiro atoms. The van der Waals surface area contributed by atoms with Crippen molar-refractivity contribution < 1.29 is 27.5 Å². The first-order valence-electron chi connectivity index (χ1n) is 9.96. The number of nitrogens with zero attached hydrogens (tertiary/aromatic N) is 1. The zero-order valence-electron chi connectivity index (χ0n) is 15.8. The molecule has 3 fully saturated rings. The van der Waals surface area contributed by atoms with E-state index in [1.807, 2.05) is 0 Å². The molecule has 8 heteroatoms. The molecule has 2 saturated heterocycles. The van der Waals surface area contributed by atoms with E-state index < -0.39 is 23.6 Å². The number of ether oxygens (including phenoxy) is 1. The normalized spacial score (nSPS) is 27.6. The van der Waals surface area contributed by atoms with Crippen molar-refractivity contribution in [3.63, 3.8) is 0 Å². The van der Waals surface area contributed by atoms with E-state index in [0.29, 0.717) is 26.1 Å². The number of likely N-dealkylation sites (tertiary alicyclic amines) is 1. The molecule has 2 unspecified atom stereocenters. The van der Waals surface area contributed by atoms with Crippen molar-refractivity contribution in [1.29, 1.82) is 0 Å². The van der Waals surface area contributed by atoms with Gasteiger partial charge in [-0.3, -0.25) is 9.59 Å². The lowest BCUT2D eigenvalue weighted by Gasteiger charge is -2.51. The van der Waals surface area contributed by atoms with Crippen LogP contribution in [0.4, 0.5) is 13.2 Å². The molecule has 1 N–H and O–H groups in total. The second-order valence-corrected chi connectivity index (χ2v) is 8.33. The van der Waals surface area contributed by atoms with Gasteiger partial charge < -0.3 is 15.0 Å². The number of amides is 2. The minimum absolute atomic E-state index is 0.0435. The fourth-order valence-corrected chi connectivity index (χ4v) is 5.00. The standard InChI is InChI=1S/C19H29F3N2O3/c1-13(23-16(25)14-4-2-3-5-14)17(26)24-9-6-15(19(20,21)22)18(12-24)7-10-27-11-8-18/h13-15H,2-12H2,1H3,(H,23,25). The summed E-state index contributed by atoms with van der Waals surface area (Å²) in [5.74, 6) is -1.84.